The maximum atomic E-state index is 11.4. The molecule has 0 bridgehead atoms. The van der Waals surface area contributed by atoms with E-state index < -0.39 is 5.97 Å². The van der Waals surface area contributed by atoms with Crippen LogP contribution in [0.4, 0.5) is 22.7 Å². The predicted molar refractivity (Wildman–Crippen MR) is 129 cm³/mol. The molecule has 5 rings (SSSR count). The molecule has 0 radical (unpaired) electrons. The number of morpholine rings is 1. The minimum Gasteiger partial charge on any atom is -0.477 e. The number of benzene rings is 1. The number of aryl methyl sites for hydroxylation is 1. The number of anilines is 4. The summed E-state index contributed by atoms with van der Waals surface area (Å²) in [5, 5.41) is 30.2. The van der Waals surface area contributed by atoms with Crippen molar-refractivity contribution in [3.8, 4) is 11.4 Å². The molecule has 1 aliphatic rings. The quantitative estimate of drug-likeness (QED) is 0.283. The largest absolute Gasteiger partial charge is 0.477 e. The Bertz CT molecular complexity index is 1300. The fourth-order valence-corrected chi connectivity index (χ4v) is 4.33. The lowest BCUT2D eigenvalue weighted by atomic mass is 10.1. The third-order valence-electron chi connectivity index (χ3n) is 5.29. The molecule has 14 heteroatoms. The molecule has 13 nitrogen and oxygen atoms in total. The first-order chi connectivity index (χ1) is 17.0. The van der Waals surface area contributed by atoms with Gasteiger partial charge in [-0.2, -0.15) is 15.2 Å². The number of carbonyl (C=O) groups is 1. The lowest BCUT2D eigenvalue weighted by Crippen LogP contribution is -2.36. The van der Waals surface area contributed by atoms with Gasteiger partial charge in [0.15, 0.2) is 5.13 Å². The first-order valence-electron chi connectivity index (χ1n) is 10.8. The van der Waals surface area contributed by atoms with E-state index in [4.69, 9.17) is 4.74 Å². The van der Waals surface area contributed by atoms with Crippen LogP contribution in [0.5, 0.6) is 0 Å². The highest BCUT2D eigenvalue weighted by Gasteiger charge is 2.18. The molecule has 1 aliphatic heterocycles. The summed E-state index contributed by atoms with van der Waals surface area (Å²) >= 11 is 1.05. The topological polar surface area (TPSA) is 167 Å². The van der Waals surface area contributed by atoms with Gasteiger partial charge >= 0.3 is 5.97 Å². The first kappa shape index (κ1) is 22.6. The Morgan fingerprint density at radius 1 is 1.20 bits per heavy atom. The van der Waals surface area contributed by atoms with E-state index in [1.807, 2.05) is 30.3 Å². The molecule has 0 saturated carbocycles. The van der Waals surface area contributed by atoms with Crippen LogP contribution >= 0.6 is 11.3 Å². The zero-order valence-corrected chi connectivity index (χ0v) is 19.5. The van der Waals surface area contributed by atoms with Crippen molar-refractivity contribution in [1.82, 2.24) is 35.6 Å². The fourth-order valence-electron chi connectivity index (χ4n) is 3.53. The molecule has 1 saturated heterocycles. The van der Waals surface area contributed by atoms with E-state index in [9.17, 15) is 9.90 Å². The molecule has 0 aliphatic carbocycles. The first-order valence-corrected chi connectivity index (χ1v) is 11.6. The van der Waals surface area contributed by atoms with E-state index in [-0.39, 0.29) is 4.88 Å². The Labute approximate surface area is 203 Å². The van der Waals surface area contributed by atoms with E-state index in [0.29, 0.717) is 61.3 Å². The van der Waals surface area contributed by atoms with Gasteiger partial charge in [0.1, 0.15) is 16.5 Å². The van der Waals surface area contributed by atoms with E-state index in [1.54, 1.807) is 6.92 Å². The summed E-state index contributed by atoms with van der Waals surface area (Å²) < 4.78 is 5.46. The van der Waals surface area contributed by atoms with Crippen LogP contribution in [0.3, 0.4) is 0 Å². The van der Waals surface area contributed by atoms with Gasteiger partial charge in [0.05, 0.1) is 18.9 Å². The van der Waals surface area contributed by atoms with E-state index in [2.05, 4.69) is 51.1 Å². The monoisotopic (exact) mass is 494 g/mol. The lowest BCUT2D eigenvalue weighted by molar-refractivity contribution is 0.0701. The number of thiazole rings is 1. The smallest absolute Gasteiger partial charge is 0.347 e. The summed E-state index contributed by atoms with van der Waals surface area (Å²) in [6.45, 7) is 4.86. The van der Waals surface area contributed by atoms with Crippen LogP contribution in [-0.4, -0.2) is 73.0 Å². The summed E-state index contributed by atoms with van der Waals surface area (Å²) in [5.41, 5.74) is 2.35. The highest BCUT2D eigenvalue weighted by Crippen LogP contribution is 2.27. The predicted octanol–water partition coefficient (Wildman–Crippen LogP) is 2.31. The van der Waals surface area contributed by atoms with E-state index in [1.165, 1.54) is 0 Å². The molecule has 3 aromatic heterocycles. The number of tetrazole rings is 1. The minimum atomic E-state index is -1.01. The normalized spacial score (nSPS) is 13.6. The third-order valence-corrected chi connectivity index (χ3v) is 6.35. The van der Waals surface area contributed by atoms with Crippen LogP contribution in [0.25, 0.3) is 11.4 Å². The second-order valence-corrected chi connectivity index (χ2v) is 8.68. The van der Waals surface area contributed by atoms with Gasteiger partial charge in [-0.1, -0.05) is 35.6 Å². The molecule has 4 heterocycles. The van der Waals surface area contributed by atoms with Gasteiger partial charge in [0, 0.05) is 31.3 Å². The zero-order valence-electron chi connectivity index (χ0n) is 18.7. The molecule has 0 atom stereocenters. The van der Waals surface area contributed by atoms with Crippen molar-refractivity contribution in [3.05, 3.63) is 46.5 Å². The fraction of sp³-hybridized carbons (Fsp3) is 0.286. The van der Waals surface area contributed by atoms with Gasteiger partial charge in [-0.05, 0) is 17.7 Å². The second kappa shape index (κ2) is 9.99. The molecule has 180 valence electrons. The van der Waals surface area contributed by atoms with Gasteiger partial charge in [-0.25, -0.2) is 9.78 Å². The van der Waals surface area contributed by atoms with Crippen molar-refractivity contribution in [2.24, 2.45) is 0 Å². The minimum absolute atomic E-state index is 0.180. The molecule has 4 aromatic rings. The number of aromatic carboxylic acids is 1. The van der Waals surface area contributed by atoms with Crippen LogP contribution in [0.15, 0.2) is 30.3 Å². The Morgan fingerprint density at radius 3 is 2.69 bits per heavy atom. The van der Waals surface area contributed by atoms with Crippen LogP contribution in [0.2, 0.25) is 0 Å². The van der Waals surface area contributed by atoms with Crippen LogP contribution in [0.1, 0.15) is 20.9 Å². The Kier molecular flexibility index (Phi) is 6.45. The molecule has 0 unspecified atom stereocenters. The molecular weight excluding hydrogens is 472 g/mol. The third kappa shape index (κ3) is 5.33. The molecule has 4 N–H and O–H groups in total. The van der Waals surface area contributed by atoms with Crippen LogP contribution < -0.4 is 15.5 Å². The maximum absolute atomic E-state index is 11.4. The number of nitrogens with one attached hydrogen (secondary N) is 3. The Hall–Kier alpha value is -4.17. The number of carboxylic acids is 1. The Morgan fingerprint density at radius 2 is 2.00 bits per heavy atom. The maximum Gasteiger partial charge on any atom is 0.347 e. The number of nitrogens with zero attached hydrogens (tertiary/aromatic N) is 7. The number of carboxylic acid groups (broad SMARTS) is 1. The van der Waals surface area contributed by atoms with Crippen molar-refractivity contribution < 1.29 is 14.6 Å². The van der Waals surface area contributed by atoms with Gasteiger partial charge < -0.3 is 20.1 Å². The standard InChI is InChI=1S/C21H22N10O3S/c1-12-17(19(32)33)35-21(23-12)26-20-24-15(10-16(25-20)31-6-8-34-9-7-31)22-11-13-2-4-14(5-3-13)18-27-29-30-28-18/h2-5,10H,6-9,11H2,1H3,(H,32,33)(H,27,28,29,30)(H2,22,23,24,25,26). The van der Waals surface area contributed by atoms with Crippen molar-refractivity contribution in [2.75, 3.05) is 41.8 Å². The second-order valence-electron chi connectivity index (χ2n) is 7.68. The van der Waals surface area contributed by atoms with Crippen molar-refractivity contribution in [1.29, 1.82) is 0 Å². The number of H-pyrrole nitrogens is 1. The molecular formula is C21H22N10O3S. The number of aromatic nitrogens is 7. The molecule has 1 aromatic carbocycles. The molecule has 0 amide bonds. The summed E-state index contributed by atoms with van der Waals surface area (Å²) in [5.74, 6) is 1.22. The van der Waals surface area contributed by atoms with Crippen LogP contribution in [-0.2, 0) is 11.3 Å². The number of ether oxygens (including phenoxy) is 1. The van der Waals surface area contributed by atoms with Gasteiger partial charge in [0.25, 0.3) is 0 Å². The highest BCUT2D eigenvalue weighted by molar-refractivity contribution is 7.17. The van der Waals surface area contributed by atoms with Crippen LogP contribution in [0, 0.1) is 6.92 Å². The molecule has 0 spiro atoms. The van der Waals surface area contributed by atoms with E-state index >= 15 is 0 Å². The molecule has 1 fully saturated rings. The summed E-state index contributed by atoms with van der Waals surface area (Å²) in [6, 6.07) is 9.71. The lowest BCUT2D eigenvalue weighted by Gasteiger charge is -2.28. The highest BCUT2D eigenvalue weighted by atomic mass is 32.1. The van der Waals surface area contributed by atoms with E-state index in [0.717, 1.165) is 28.3 Å². The average molecular weight is 495 g/mol. The summed E-state index contributed by atoms with van der Waals surface area (Å²) in [6.07, 6.45) is 0. The number of hydrogen-bond acceptors (Lipinski definition) is 12. The summed E-state index contributed by atoms with van der Waals surface area (Å²) in [7, 11) is 0. The van der Waals surface area contributed by atoms with Crippen molar-refractivity contribution >= 4 is 40.0 Å². The van der Waals surface area contributed by atoms with Gasteiger partial charge in [-0.3, -0.25) is 5.32 Å². The number of rotatable bonds is 8. The molecule has 35 heavy (non-hydrogen) atoms. The van der Waals surface area contributed by atoms with Crippen molar-refractivity contribution in [3.63, 3.8) is 0 Å². The van der Waals surface area contributed by atoms with Gasteiger partial charge in [-0.15, -0.1) is 10.2 Å². The summed E-state index contributed by atoms with van der Waals surface area (Å²) in [4.78, 5) is 27.2. The zero-order chi connectivity index (χ0) is 24.2. The number of hydrogen-bond donors (Lipinski definition) is 4. The Balaban J connectivity index is 1.35. The van der Waals surface area contributed by atoms with Crippen molar-refractivity contribution in [2.45, 2.75) is 13.5 Å². The average Bonchev–Trinajstić information content (AvgIpc) is 3.54. The number of aromatic amines is 1. The SMILES string of the molecule is Cc1nc(Nc2nc(NCc3ccc(-c4nn[nH]n4)cc3)cc(N3CCOCC3)n2)sc1C(=O)O. The van der Waals surface area contributed by atoms with Gasteiger partial charge in [0.2, 0.25) is 11.8 Å².